The van der Waals surface area contributed by atoms with Gasteiger partial charge in [0.25, 0.3) is 0 Å². The summed E-state index contributed by atoms with van der Waals surface area (Å²) in [6.07, 6.45) is 9.79. The maximum absolute atomic E-state index is 5.68. The third-order valence-electron chi connectivity index (χ3n) is 6.01. The van der Waals surface area contributed by atoms with Crippen molar-refractivity contribution in [2.75, 3.05) is 7.11 Å². The van der Waals surface area contributed by atoms with Gasteiger partial charge >= 0.3 is 183 Å². The average molecular weight is 506 g/mol. The Balaban J connectivity index is 2.77. The first-order valence-corrected chi connectivity index (χ1v) is 19.0. The molecule has 0 spiro atoms. The van der Waals surface area contributed by atoms with Crippen LogP contribution in [0.25, 0.3) is 11.0 Å². The van der Waals surface area contributed by atoms with Gasteiger partial charge in [0.1, 0.15) is 0 Å². The summed E-state index contributed by atoms with van der Waals surface area (Å²) in [7, 11) is 1.70. The van der Waals surface area contributed by atoms with Crippen LogP contribution in [0.15, 0.2) is 12.3 Å². The number of rotatable bonds is 11. The van der Waals surface area contributed by atoms with E-state index in [4.69, 9.17) is 14.7 Å². The van der Waals surface area contributed by atoms with Gasteiger partial charge in [0.15, 0.2) is 0 Å². The zero-order chi connectivity index (χ0) is 21.5. The van der Waals surface area contributed by atoms with E-state index in [1.54, 1.807) is 10.7 Å². The molecule has 0 unspecified atom stereocenters. The molecule has 0 atom stereocenters. The van der Waals surface area contributed by atoms with Crippen molar-refractivity contribution < 1.29 is 4.74 Å². The minimum atomic E-state index is -2.65. The van der Waals surface area contributed by atoms with Crippen molar-refractivity contribution in [1.29, 1.82) is 0 Å². The molecule has 4 nitrogen and oxygen atoms in total. The fourth-order valence-electron chi connectivity index (χ4n) is 4.23. The zero-order valence-electron chi connectivity index (χ0n) is 19.8. The molecule has 0 fully saturated rings. The molecule has 0 aliphatic heterocycles. The van der Waals surface area contributed by atoms with Crippen LogP contribution in [0.2, 0.25) is 13.3 Å². The predicted molar refractivity (Wildman–Crippen MR) is 127 cm³/mol. The monoisotopic (exact) mass is 507 g/mol. The molecule has 0 saturated heterocycles. The molecule has 2 aromatic rings. The Morgan fingerprint density at radius 3 is 1.86 bits per heavy atom. The molecule has 2 heterocycles. The molecule has 2 aromatic heterocycles. The summed E-state index contributed by atoms with van der Waals surface area (Å²) in [4.78, 5) is 14.5. The quantitative estimate of drug-likeness (QED) is 0.332. The summed E-state index contributed by atoms with van der Waals surface area (Å²) in [5, 5.41) is 0. The van der Waals surface area contributed by atoms with Crippen molar-refractivity contribution >= 4 is 33.0 Å². The van der Waals surface area contributed by atoms with Gasteiger partial charge in [0, 0.05) is 0 Å². The van der Waals surface area contributed by atoms with Gasteiger partial charge in [0.05, 0.1) is 0 Å². The van der Waals surface area contributed by atoms with E-state index < -0.39 is 18.4 Å². The second kappa shape index (κ2) is 10.9. The SMILES string of the molecule is CCC[CH2][Sn]([CH2]CCC)([CH2]CCC)[c]1ccnc2c(OC)nc(C(C)(C)C)nc12. The molecule has 0 N–H and O–H groups in total. The number of fused-ring (bicyclic) bond motifs is 1. The van der Waals surface area contributed by atoms with Gasteiger partial charge in [-0.05, 0) is 0 Å². The van der Waals surface area contributed by atoms with E-state index in [1.165, 1.54) is 51.8 Å². The maximum atomic E-state index is 5.68. The summed E-state index contributed by atoms with van der Waals surface area (Å²) in [6.45, 7) is 13.5. The van der Waals surface area contributed by atoms with Gasteiger partial charge in [-0.15, -0.1) is 0 Å². The van der Waals surface area contributed by atoms with Gasteiger partial charge in [-0.25, -0.2) is 0 Å². The van der Waals surface area contributed by atoms with Crippen LogP contribution in [-0.4, -0.2) is 40.4 Å². The first-order chi connectivity index (χ1) is 13.8. The molecule has 29 heavy (non-hydrogen) atoms. The number of aromatic nitrogens is 3. The van der Waals surface area contributed by atoms with E-state index in [0.29, 0.717) is 5.88 Å². The third kappa shape index (κ3) is 5.83. The fourth-order valence-corrected chi connectivity index (χ4v) is 20.7. The summed E-state index contributed by atoms with van der Waals surface area (Å²) in [5.74, 6) is 1.49. The van der Waals surface area contributed by atoms with Crippen molar-refractivity contribution in [2.45, 2.75) is 98.8 Å². The van der Waals surface area contributed by atoms with Crippen LogP contribution in [0, 0.1) is 0 Å². The number of nitrogens with zero attached hydrogens (tertiary/aromatic N) is 3. The predicted octanol–water partition coefficient (Wildman–Crippen LogP) is 6.39. The Morgan fingerprint density at radius 1 is 0.862 bits per heavy atom. The number of pyridine rings is 1. The van der Waals surface area contributed by atoms with Gasteiger partial charge in [-0.3, -0.25) is 0 Å². The molecule has 0 aromatic carbocycles. The molecule has 0 amide bonds. The molecule has 0 radical (unpaired) electrons. The fraction of sp³-hybridized carbons (Fsp3) is 0.708. The number of ether oxygens (including phenoxy) is 1. The van der Waals surface area contributed by atoms with E-state index in [0.717, 1.165) is 16.9 Å². The Bertz CT molecular complexity index is 764. The van der Waals surface area contributed by atoms with E-state index in [2.05, 4.69) is 52.6 Å². The summed E-state index contributed by atoms with van der Waals surface area (Å²) in [6, 6.07) is 2.32. The Kier molecular flexibility index (Phi) is 9.17. The number of hydrogen-bond acceptors (Lipinski definition) is 4. The molecule has 0 bridgehead atoms. The summed E-state index contributed by atoms with van der Waals surface area (Å²) in [5.41, 5.74) is 1.81. The van der Waals surface area contributed by atoms with Crippen LogP contribution in [-0.2, 0) is 5.41 Å². The normalized spacial score (nSPS) is 12.5. The average Bonchev–Trinajstić information content (AvgIpc) is 2.71. The molecular formula is C24H41N3OSn. The van der Waals surface area contributed by atoms with Crippen LogP contribution >= 0.6 is 0 Å². The second-order valence-corrected chi connectivity index (χ2v) is 22.6. The van der Waals surface area contributed by atoms with Gasteiger partial charge in [-0.1, -0.05) is 0 Å². The second-order valence-electron chi connectivity index (χ2n) is 9.45. The number of methoxy groups -OCH3 is 1. The van der Waals surface area contributed by atoms with Gasteiger partial charge in [-0.2, -0.15) is 0 Å². The topological polar surface area (TPSA) is 47.9 Å². The molecule has 2 rings (SSSR count). The number of unbranched alkanes of at least 4 members (excludes halogenated alkanes) is 3. The molecule has 0 saturated carbocycles. The van der Waals surface area contributed by atoms with Gasteiger partial charge < -0.3 is 0 Å². The first-order valence-electron chi connectivity index (χ1n) is 11.5. The van der Waals surface area contributed by atoms with Crippen LogP contribution in [0.1, 0.15) is 85.9 Å². The standard InChI is InChI=1S/C12H14N3O.3C4H9.Sn/c1-12(2,3)11-14-8-6-5-7-13-9(8)10(15-11)16-4;3*1-3-4-2;/h5,7H,1-4H3;3*1,3-4H2,2H3;. The molecule has 0 aliphatic carbocycles. The number of hydrogen-bond donors (Lipinski definition) is 0. The van der Waals surface area contributed by atoms with E-state index in [1.807, 2.05) is 6.20 Å². The van der Waals surface area contributed by atoms with E-state index in [-0.39, 0.29) is 5.41 Å². The minimum absolute atomic E-state index is 0.122. The van der Waals surface area contributed by atoms with E-state index in [9.17, 15) is 0 Å². The van der Waals surface area contributed by atoms with Crippen LogP contribution in [0.3, 0.4) is 0 Å². The third-order valence-corrected chi connectivity index (χ3v) is 21.6. The van der Waals surface area contributed by atoms with Crippen molar-refractivity contribution in [2.24, 2.45) is 0 Å². The molecule has 5 heteroatoms. The Hall–Kier alpha value is -0.911. The van der Waals surface area contributed by atoms with Crippen LogP contribution in [0.5, 0.6) is 5.88 Å². The Morgan fingerprint density at radius 2 is 1.41 bits per heavy atom. The van der Waals surface area contributed by atoms with E-state index >= 15 is 0 Å². The molecule has 0 aliphatic rings. The van der Waals surface area contributed by atoms with Crippen molar-refractivity contribution in [3.8, 4) is 5.88 Å². The molecule has 162 valence electrons. The van der Waals surface area contributed by atoms with Crippen molar-refractivity contribution in [3.63, 3.8) is 0 Å². The first kappa shape index (κ1) is 24.4. The van der Waals surface area contributed by atoms with Crippen LogP contribution < -0.4 is 8.32 Å². The summed E-state index contributed by atoms with van der Waals surface area (Å²) >= 11 is -2.65. The zero-order valence-corrected chi connectivity index (χ0v) is 22.6. The van der Waals surface area contributed by atoms with Gasteiger partial charge in [0.2, 0.25) is 0 Å². The van der Waals surface area contributed by atoms with Crippen molar-refractivity contribution in [1.82, 2.24) is 15.0 Å². The summed E-state index contributed by atoms with van der Waals surface area (Å²) < 4.78 is 11.5. The van der Waals surface area contributed by atoms with Crippen LogP contribution in [0.4, 0.5) is 0 Å². The van der Waals surface area contributed by atoms with Crippen molar-refractivity contribution in [3.05, 3.63) is 18.1 Å². The Labute approximate surface area is 182 Å². The molecular weight excluding hydrogens is 465 g/mol.